The van der Waals surface area contributed by atoms with E-state index < -0.39 is 0 Å². The molecule has 1 aromatic rings. The molecule has 0 aromatic carbocycles. The maximum atomic E-state index is 11.1. The Balaban J connectivity index is 2.18. The lowest BCUT2D eigenvalue weighted by Crippen LogP contribution is -2.34. The number of anilines is 1. The molecule has 0 N–H and O–H groups in total. The summed E-state index contributed by atoms with van der Waals surface area (Å²) in [5.74, 6) is 1.44. The first kappa shape index (κ1) is 10.1. The van der Waals surface area contributed by atoms with Gasteiger partial charge in [-0.1, -0.05) is 13.0 Å². The molecule has 1 aliphatic rings. The van der Waals surface area contributed by atoms with Gasteiger partial charge in [0.2, 0.25) is 0 Å². The number of hydrogen-bond acceptors (Lipinski definition) is 3. The van der Waals surface area contributed by atoms with E-state index >= 15 is 0 Å². The zero-order chi connectivity index (χ0) is 10.7. The molecule has 0 aliphatic carbocycles. The van der Waals surface area contributed by atoms with E-state index in [2.05, 4.69) is 22.9 Å². The lowest BCUT2D eigenvalue weighted by Gasteiger charge is -2.28. The largest absolute Gasteiger partial charge is 0.356 e. The van der Waals surface area contributed by atoms with Gasteiger partial charge >= 0.3 is 0 Å². The van der Waals surface area contributed by atoms with E-state index in [4.69, 9.17) is 0 Å². The molecular formula is C12H16N2O. The van der Waals surface area contributed by atoms with Crippen molar-refractivity contribution in [2.24, 2.45) is 0 Å². The van der Waals surface area contributed by atoms with Crippen LogP contribution in [-0.4, -0.2) is 23.9 Å². The minimum absolute atomic E-state index is 0.375. The Morgan fingerprint density at radius 3 is 2.80 bits per heavy atom. The molecule has 2 rings (SSSR count). The van der Waals surface area contributed by atoms with Crippen LogP contribution in [0.2, 0.25) is 0 Å². The van der Waals surface area contributed by atoms with Crippen molar-refractivity contribution in [1.29, 1.82) is 0 Å². The molecule has 1 aliphatic heterocycles. The summed E-state index contributed by atoms with van der Waals surface area (Å²) in [6.45, 7) is 3.78. The van der Waals surface area contributed by atoms with Crippen molar-refractivity contribution < 1.29 is 4.79 Å². The number of hydrogen-bond donors (Lipinski definition) is 0. The van der Waals surface area contributed by atoms with Crippen LogP contribution in [0.5, 0.6) is 0 Å². The molecule has 0 spiro atoms. The van der Waals surface area contributed by atoms with Gasteiger partial charge in [-0.2, -0.15) is 0 Å². The van der Waals surface area contributed by atoms with Crippen LogP contribution in [0.4, 0.5) is 5.82 Å². The Kier molecular flexibility index (Phi) is 2.99. The molecule has 0 atom stereocenters. The average molecular weight is 204 g/mol. The van der Waals surface area contributed by atoms with Crippen LogP contribution in [0.1, 0.15) is 25.3 Å². The first-order valence-electron chi connectivity index (χ1n) is 5.52. The number of aryl methyl sites for hydroxylation is 1. The highest BCUT2D eigenvalue weighted by molar-refractivity contribution is 5.80. The van der Waals surface area contributed by atoms with Gasteiger partial charge in [-0.25, -0.2) is 4.98 Å². The molecule has 80 valence electrons. The third kappa shape index (κ3) is 2.17. The normalized spacial score (nSPS) is 16.9. The van der Waals surface area contributed by atoms with E-state index in [1.165, 1.54) is 5.56 Å². The maximum absolute atomic E-state index is 11.1. The summed E-state index contributed by atoms with van der Waals surface area (Å²) in [5, 5.41) is 0. The molecule has 0 bridgehead atoms. The van der Waals surface area contributed by atoms with Gasteiger partial charge in [0.05, 0.1) is 0 Å². The van der Waals surface area contributed by atoms with E-state index in [0.29, 0.717) is 18.6 Å². The van der Waals surface area contributed by atoms with E-state index in [9.17, 15) is 4.79 Å². The SMILES string of the molecule is CCc1cccnc1N1CCC(=O)CC1. The van der Waals surface area contributed by atoms with Crippen molar-refractivity contribution in [3.8, 4) is 0 Å². The molecule has 1 saturated heterocycles. The number of ketones is 1. The van der Waals surface area contributed by atoms with Gasteiger partial charge in [0.1, 0.15) is 11.6 Å². The Labute approximate surface area is 90.1 Å². The van der Waals surface area contributed by atoms with Crippen LogP contribution < -0.4 is 4.90 Å². The van der Waals surface area contributed by atoms with Crippen molar-refractivity contribution in [2.75, 3.05) is 18.0 Å². The Morgan fingerprint density at radius 1 is 1.40 bits per heavy atom. The van der Waals surface area contributed by atoms with Crippen LogP contribution in [-0.2, 0) is 11.2 Å². The molecule has 0 saturated carbocycles. The third-order valence-corrected chi connectivity index (χ3v) is 2.87. The summed E-state index contributed by atoms with van der Waals surface area (Å²) in [6.07, 6.45) is 4.15. The summed E-state index contributed by atoms with van der Waals surface area (Å²) < 4.78 is 0. The van der Waals surface area contributed by atoms with E-state index in [-0.39, 0.29) is 0 Å². The Bertz CT molecular complexity index is 352. The molecule has 0 amide bonds. The molecule has 3 heteroatoms. The molecule has 1 fully saturated rings. The third-order valence-electron chi connectivity index (χ3n) is 2.87. The lowest BCUT2D eigenvalue weighted by atomic mass is 10.1. The van der Waals surface area contributed by atoms with Crippen LogP contribution in [0.25, 0.3) is 0 Å². The second-order valence-corrected chi connectivity index (χ2v) is 3.87. The number of carbonyl (C=O) groups is 1. The van der Waals surface area contributed by atoms with Crippen molar-refractivity contribution in [2.45, 2.75) is 26.2 Å². The van der Waals surface area contributed by atoms with Crippen LogP contribution in [0.3, 0.4) is 0 Å². The fourth-order valence-corrected chi connectivity index (χ4v) is 1.96. The number of carbonyl (C=O) groups excluding carboxylic acids is 1. The quantitative estimate of drug-likeness (QED) is 0.736. The number of aromatic nitrogens is 1. The van der Waals surface area contributed by atoms with Crippen LogP contribution >= 0.6 is 0 Å². The van der Waals surface area contributed by atoms with Gasteiger partial charge in [-0.05, 0) is 18.1 Å². The number of pyridine rings is 1. The zero-order valence-electron chi connectivity index (χ0n) is 9.07. The van der Waals surface area contributed by atoms with E-state index in [1.807, 2.05) is 12.3 Å². The summed E-state index contributed by atoms with van der Waals surface area (Å²) in [5.41, 5.74) is 1.27. The monoisotopic (exact) mass is 204 g/mol. The molecule has 0 radical (unpaired) electrons. The number of nitrogens with zero attached hydrogens (tertiary/aromatic N) is 2. The van der Waals surface area contributed by atoms with Crippen LogP contribution in [0, 0.1) is 0 Å². The van der Waals surface area contributed by atoms with Crippen molar-refractivity contribution in [3.63, 3.8) is 0 Å². The minimum atomic E-state index is 0.375. The second kappa shape index (κ2) is 4.43. The summed E-state index contributed by atoms with van der Waals surface area (Å²) in [6, 6.07) is 4.08. The van der Waals surface area contributed by atoms with Gasteiger partial charge in [0.15, 0.2) is 0 Å². The predicted octanol–water partition coefficient (Wildman–Crippen LogP) is 1.81. The zero-order valence-corrected chi connectivity index (χ0v) is 9.07. The number of Topliss-reactive ketones (excluding diaryl/α,β-unsaturated/α-hetero) is 1. The number of rotatable bonds is 2. The fraction of sp³-hybridized carbons (Fsp3) is 0.500. The minimum Gasteiger partial charge on any atom is -0.356 e. The average Bonchev–Trinajstić information content (AvgIpc) is 2.30. The smallest absolute Gasteiger partial charge is 0.136 e. The Hall–Kier alpha value is -1.38. The first-order valence-corrected chi connectivity index (χ1v) is 5.52. The van der Waals surface area contributed by atoms with Gasteiger partial charge in [-0.15, -0.1) is 0 Å². The highest BCUT2D eigenvalue weighted by Crippen LogP contribution is 2.20. The lowest BCUT2D eigenvalue weighted by molar-refractivity contribution is -0.119. The maximum Gasteiger partial charge on any atom is 0.136 e. The molecule has 1 aromatic heterocycles. The van der Waals surface area contributed by atoms with E-state index in [0.717, 1.165) is 25.3 Å². The molecule has 3 nitrogen and oxygen atoms in total. The molecule has 0 unspecified atom stereocenters. The van der Waals surface area contributed by atoms with Gasteiger partial charge < -0.3 is 4.90 Å². The molecule has 15 heavy (non-hydrogen) atoms. The number of piperidine rings is 1. The van der Waals surface area contributed by atoms with Crippen molar-refractivity contribution >= 4 is 11.6 Å². The van der Waals surface area contributed by atoms with Gasteiger partial charge in [0.25, 0.3) is 0 Å². The Morgan fingerprint density at radius 2 is 2.13 bits per heavy atom. The summed E-state index contributed by atoms with van der Waals surface area (Å²) in [7, 11) is 0. The highest BCUT2D eigenvalue weighted by Gasteiger charge is 2.18. The van der Waals surface area contributed by atoms with Crippen LogP contribution in [0.15, 0.2) is 18.3 Å². The van der Waals surface area contributed by atoms with Crippen molar-refractivity contribution in [3.05, 3.63) is 23.9 Å². The fourth-order valence-electron chi connectivity index (χ4n) is 1.96. The van der Waals surface area contributed by atoms with Gasteiger partial charge in [0, 0.05) is 32.1 Å². The predicted molar refractivity (Wildman–Crippen MR) is 60.1 cm³/mol. The molecule has 2 heterocycles. The topological polar surface area (TPSA) is 33.2 Å². The molecular weight excluding hydrogens is 188 g/mol. The van der Waals surface area contributed by atoms with Crippen molar-refractivity contribution in [1.82, 2.24) is 4.98 Å². The standard InChI is InChI=1S/C12H16N2O/c1-2-10-4-3-7-13-12(10)14-8-5-11(15)6-9-14/h3-4,7H,2,5-6,8-9H2,1H3. The summed E-state index contributed by atoms with van der Waals surface area (Å²) >= 11 is 0. The second-order valence-electron chi connectivity index (χ2n) is 3.87. The highest BCUT2D eigenvalue weighted by atomic mass is 16.1. The van der Waals surface area contributed by atoms with Gasteiger partial charge in [-0.3, -0.25) is 4.79 Å². The van der Waals surface area contributed by atoms with E-state index in [1.54, 1.807) is 0 Å². The first-order chi connectivity index (χ1) is 7.31. The summed E-state index contributed by atoms with van der Waals surface area (Å²) in [4.78, 5) is 17.8.